The smallest absolute Gasteiger partial charge is 0.225 e. The second-order valence-electron chi connectivity index (χ2n) is 4.56. The van der Waals surface area contributed by atoms with E-state index >= 15 is 0 Å². The minimum atomic E-state index is -0.234. The predicted octanol–water partition coefficient (Wildman–Crippen LogP) is 1.54. The summed E-state index contributed by atoms with van der Waals surface area (Å²) in [7, 11) is 1.59. The molecule has 0 bridgehead atoms. The van der Waals surface area contributed by atoms with Crippen LogP contribution in [0.2, 0.25) is 0 Å². The van der Waals surface area contributed by atoms with Crippen LogP contribution in [0, 0.1) is 6.92 Å². The number of nitrogens with zero attached hydrogens (tertiary/aromatic N) is 2. The van der Waals surface area contributed by atoms with E-state index in [2.05, 4.69) is 20.5 Å². The maximum absolute atomic E-state index is 12.0. The lowest BCUT2D eigenvalue weighted by atomic mass is 10.1. The number of rotatable bonds is 5. The predicted molar refractivity (Wildman–Crippen MR) is 74.4 cm³/mol. The molecule has 6 heteroatoms. The summed E-state index contributed by atoms with van der Waals surface area (Å²) in [4.78, 5) is 16.2. The van der Waals surface area contributed by atoms with Crippen molar-refractivity contribution in [2.45, 2.75) is 26.3 Å². The maximum Gasteiger partial charge on any atom is 0.225 e. The van der Waals surface area contributed by atoms with Crippen LogP contribution >= 0.6 is 0 Å². The second-order valence-corrected chi connectivity index (χ2v) is 4.56. The fourth-order valence-corrected chi connectivity index (χ4v) is 1.93. The van der Waals surface area contributed by atoms with Gasteiger partial charge in [-0.3, -0.25) is 9.89 Å². The molecule has 0 aliphatic heterocycles. The summed E-state index contributed by atoms with van der Waals surface area (Å²) in [5.41, 5.74) is 0.853. The Hall–Kier alpha value is -2.37. The normalized spacial score (nSPS) is 11.9. The van der Waals surface area contributed by atoms with E-state index < -0.39 is 0 Å². The highest BCUT2D eigenvalue weighted by molar-refractivity contribution is 5.79. The van der Waals surface area contributed by atoms with E-state index in [1.165, 1.54) is 0 Å². The van der Waals surface area contributed by atoms with Crippen molar-refractivity contribution in [3.63, 3.8) is 0 Å². The number of aromatic nitrogens is 3. The molecule has 1 aromatic heterocycles. The lowest BCUT2D eigenvalue weighted by Gasteiger charge is -2.12. The molecule has 1 atom stereocenters. The Balaban J connectivity index is 1.98. The van der Waals surface area contributed by atoms with Gasteiger partial charge in [0.2, 0.25) is 5.91 Å². The highest BCUT2D eigenvalue weighted by atomic mass is 16.5. The van der Waals surface area contributed by atoms with Crippen LogP contribution in [-0.4, -0.2) is 28.2 Å². The molecule has 0 unspecified atom stereocenters. The van der Waals surface area contributed by atoms with Crippen LogP contribution < -0.4 is 10.1 Å². The molecule has 0 fully saturated rings. The van der Waals surface area contributed by atoms with Crippen molar-refractivity contribution >= 4 is 5.91 Å². The van der Waals surface area contributed by atoms with Crippen molar-refractivity contribution < 1.29 is 9.53 Å². The van der Waals surface area contributed by atoms with E-state index in [4.69, 9.17) is 4.74 Å². The summed E-state index contributed by atoms with van der Waals surface area (Å²) in [5, 5.41) is 9.66. The number of nitrogens with one attached hydrogen (secondary N) is 2. The zero-order valence-electron chi connectivity index (χ0n) is 11.8. The Labute approximate surface area is 117 Å². The summed E-state index contributed by atoms with van der Waals surface area (Å²) in [6, 6.07) is 7.24. The summed E-state index contributed by atoms with van der Waals surface area (Å²) in [6.07, 6.45) is 0.262. The first kappa shape index (κ1) is 14.0. The van der Waals surface area contributed by atoms with Gasteiger partial charge in [-0.15, -0.1) is 0 Å². The van der Waals surface area contributed by atoms with Crippen LogP contribution in [0.25, 0.3) is 0 Å². The Morgan fingerprint density at radius 2 is 2.20 bits per heavy atom. The SMILES string of the molecule is COc1ccccc1CC(=O)N[C@H](C)c1n[nH]c(C)n1. The summed E-state index contributed by atoms with van der Waals surface area (Å²) in [5.74, 6) is 1.93. The van der Waals surface area contributed by atoms with Crippen molar-refractivity contribution in [1.82, 2.24) is 20.5 Å². The van der Waals surface area contributed by atoms with Gasteiger partial charge in [-0.1, -0.05) is 18.2 Å². The molecular weight excluding hydrogens is 256 g/mol. The maximum atomic E-state index is 12.0. The number of H-pyrrole nitrogens is 1. The summed E-state index contributed by atoms with van der Waals surface area (Å²) < 4.78 is 5.23. The molecule has 6 nitrogen and oxygen atoms in total. The minimum Gasteiger partial charge on any atom is -0.496 e. The number of ether oxygens (including phenoxy) is 1. The Bertz CT molecular complexity index is 594. The zero-order valence-corrected chi connectivity index (χ0v) is 11.8. The summed E-state index contributed by atoms with van der Waals surface area (Å²) in [6.45, 7) is 3.67. The quantitative estimate of drug-likeness (QED) is 0.866. The second kappa shape index (κ2) is 6.18. The molecule has 1 aromatic carbocycles. The van der Waals surface area contributed by atoms with Crippen LogP contribution in [-0.2, 0) is 11.2 Å². The number of hydrogen-bond acceptors (Lipinski definition) is 4. The fraction of sp³-hybridized carbons (Fsp3) is 0.357. The van der Waals surface area contributed by atoms with E-state index in [9.17, 15) is 4.79 Å². The third-order valence-corrected chi connectivity index (χ3v) is 2.92. The molecule has 0 spiro atoms. The molecule has 106 valence electrons. The number of hydrogen-bond donors (Lipinski definition) is 2. The van der Waals surface area contributed by atoms with E-state index in [1.807, 2.05) is 38.1 Å². The van der Waals surface area contributed by atoms with Crippen molar-refractivity contribution in [1.29, 1.82) is 0 Å². The molecule has 20 heavy (non-hydrogen) atoms. The number of para-hydroxylation sites is 1. The number of benzene rings is 1. The first-order chi connectivity index (χ1) is 9.60. The number of carbonyl (C=O) groups excluding carboxylic acids is 1. The van der Waals surface area contributed by atoms with Gasteiger partial charge in [-0.05, 0) is 19.9 Å². The van der Waals surface area contributed by atoms with Gasteiger partial charge in [-0.2, -0.15) is 5.10 Å². The third-order valence-electron chi connectivity index (χ3n) is 2.92. The van der Waals surface area contributed by atoms with Crippen LogP contribution in [0.15, 0.2) is 24.3 Å². The van der Waals surface area contributed by atoms with Gasteiger partial charge < -0.3 is 10.1 Å². The first-order valence-electron chi connectivity index (χ1n) is 6.40. The van der Waals surface area contributed by atoms with Crippen molar-refractivity contribution in [2.24, 2.45) is 0 Å². The average Bonchev–Trinajstić information content (AvgIpc) is 2.86. The van der Waals surface area contributed by atoms with Crippen molar-refractivity contribution in [3.8, 4) is 5.75 Å². The molecule has 1 amide bonds. The molecule has 2 N–H and O–H groups in total. The van der Waals surface area contributed by atoms with E-state index in [-0.39, 0.29) is 18.4 Å². The third kappa shape index (κ3) is 3.34. The van der Waals surface area contributed by atoms with E-state index in [1.54, 1.807) is 7.11 Å². The van der Waals surface area contributed by atoms with Gasteiger partial charge in [0.25, 0.3) is 0 Å². The number of aromatic amines is 1. The van der Waals surface area contributed by atoms with Gasteiger partial charge in [0.05, 0.1) is 19.6 Å². The number of methoxy groups -OCH3 is 1. The van der Waals surface area contributed by atoms with Gasteiger partial charge in [0, 0.05) is 5.56 Å². The van der Waals surface area contributed by atoms with Crippen LogP contribution in [0.5, 0.6) is 5.75 Å². The molecular formula is C14H18N4O2. The first-order valence-corrected chi connectivity index (χ1v) is 6.40. The van der Waals surface area contributed by atoms with Gasteiger partial charge in [0.1, 0.15) is 11.6 Å². The molecule has 0 saturated heterocycles. The molecule has 1 heterocycles. The topological polar surface area (TPSA) is 79.9 Å². The fourth-order valence-electron chi connectivity index (χ4n) is 1.93. The number of aryl methyl sites for hydroxylation is 1. The van der Waals surface area contributed by atoms with Crippen LogP contribution in [0.3, 0.4) is 0 Å². The lowest BCUT2D eigenvalue weighted by Crippen LogP contribution is -2.28. The monoisotopic (exact) mass is 274 g/mol. The highest BCUT2D eigenvalue weighted by Crippen LogP contribution is 2.18. The number of carbonyl (C=O) groups is 1. The van der Waals surface area contributed by atoms with Gasteiger partial charge in [0.15, 0.2) is 5.82 Å². The standard InChI is InChI=1S/C14H18N4O2/c1-9(14-16-10(2)17-18-14)15-13(19)8-11-6-4-5-7-12(11)20-3/h4-7,9H,8H2,1-3H3,(H,15,19)(H,16,17,18)/t9-/m1/s1. The Morgan fingerprint density at radius 3 is 2.85 bits per heavy atom. The van der Waals surface area contributed by atoms with Crippen molar-refractivity contribution in [3.05, 3.63) is 41.5 Å². The minimum absolute atomic E-state index is 0.0931. The van der Waals surface area contributed by atoms with E-state index in [0.717, 1.165) is 11.4 Å². The molecule has 0 aliphatic rings. The van der Waals surface area contributed by atoms with E-state index in [0.29, 0.717) is 11.6 Å². The van der Waals surface area contributed by atoms with Crippen molar-refractivity contribution in [2.75, 3.05) is 7.11 Å². The van der Waals surface area contributed by atoms with Gasteiger partial charge in [-0.25, -0.2) is 4.98 Å². The molecule has 2 aromatic rings. The molecule has 2 rings (SSSR count). The van der Waals surface area contributed by atoms with Crippen LogP contribution in [0.4, 0.5) is 0 Å². The largest absolute Gasteiger partial charge is 0.496 e. The summed E-state index contributed by atoms with van der Waals surface area (Å²) >= 11 is 0. The molecule has 0 saturated carbocycles. The molecule has 0 radical (unpaired) electrons. The lowest BCUT2D eigenvalue weighted by molar-refractivity contribution is -0.121. The average molecular weight is 274 g/mol. The van der Waals surface area contributed by atoms with Gasteiger partial charge >= 0.3 is 0 Å². The highest BCUT2D eigenvalue weighted by Gasteiger charge is 2.15. The van der Waals surface area contributed by atoms with Crippen LogP contribution in [0.1, 0.15) is 30.2 Å². The molecule has 0 aliphatic carbocycles. The number of amides is 1. The Morgan fingerprint density at radius 1 is 1.45 bits per heavy atom. The Kier molecular flexibility index (Phi) is 4.34. The zero-order chi connectivity index (χ0) is 14.5.